The molecule has 0 saturated heterocycles. The van der Waals surface area contributed by atoms with Crippen molar-refractivity contribution in [3.63, 3.8) is 0 Å². The zero-order valence-corrected chi connectivity index (χ0v) is 12.9. The van der Waals surface area contributed by atoms with Crippen LogP contribution in [0.2, 0.25) is 0 Å². The van der Waals surface area contributed by atoms with E-state index in [2.05, 4.69) is 52.9 Å². The molecule has 0 amide bonds. The van der Waals surface area contributed by atoms with Crippen molar-refractivity contribution in [2.45, 2.75) is 39.3 Å². The number of nitrogens with two attached hydrogens (primary N) is 1. The van der Waals surface area contributed by atoms with Gasteiger partial charge < -0.3 is 15.7 Å². The van der Waals surface area contributed by atoms with E-state index in [4.69, 9.17) is 10.8 Å². The van der Waals surface area contributed by atoms with Gasteiger partial charge in [-0.2, -0.15) is 0 Å². The fourth-order valence-corrected chi connectivity index (χ4v) is 2.72. The lowest BCUT2D eigenvalue weighted by molar-refractivity contribution is 0.288. The van der Waals surface area contributed by atoms with Gasteiger partial charge in [-0.25, -0.2) is 0 Å². The molecule has 0 aromatic heterocycles. The standard InChI is InChI=1S/C14H23BrN2O/c1-10(2)17(7-4-8-18)12-5-6-13(11(3)16)14(15)9-12/h5-6,9-11,18H,4,7-8,16H2,1-3H3/t11-/m1/s1. The number of benzene rings is 1. The fourth-order valence-electron chi connectivity index (χ4n) is 1.99. The van der Waals surface area contributed by atoms with E-state index in [1.807, 2.05) is 6.92 Å². The molecule has 0 heterocycles. The molecule has 1 aromatic carbocycles. The summed E-state index contributed by atoms with van der Waals surface area (Å²) in [4.78, 5) is 2.28. The van der Waals surface area contributed by atoms with Gasteiger partial charge >= 0.3 is 0 Å². The molecule has 1 aromatic rings. The van der Waals surface area contributed by atoms with E-state index < -0.39 is 0 Å². The van der Waals surface area contributed by atoms with E-state index in [-0.39, 0.29) is 12.6 Å². The molecule has 18 heavy (non-hydrogen) atoms. The van der Waals surface area contributed by atoms with Gasteiger partial charge in [0.05, 0.1) is 0 Å². The highest BCUT2D eigenvalue weighted by Crippen LogP contribution is 2.28. The van der Waals surface area contributed by atoms with E-state index in [0.717, 1.165) is 28.7 Å². The van der Waals surface area contributed by atoms with Gasteiger partial charge in [0, 0.05) is 35.4 Å². The van der Waals surface area contributed by atoms with Gasteiger partial charge in [0.15, 0.2) is 0 Å². The van der Waals surface area contributed by atoms with E-state index in [9.17, 15) is 0 Å². The smallest absolute Gasteiger partial charge is 0.0447 e. The van der Waals surface area contributed by atoms with Crippen LogP contribution in [-0.4, -0.2) is 24.3 Å². The van der Waals surface area contributed by atoms with Crippen LogP contribution in [0.4, 0.5) is 5.69 Å². The number of rotatable bonds is 6. The van der Waals surface area contributed by atoms with Gasteiger partial charge in [-0.05, 0) is 44.9 Å². The topological polar surface area (TPSA) is 49.5 Å². The molecule has 0 bridgehead atoms. The van der Waals surface area contributed by atoms with Crippen LogP contribution in [0.5, 0.6) is 0 Å². The SMILES string of the molecule is CC(C)N(CCCO)c1ccc([C@@H](C)N)c(Br)c1. The Bertz CT molecular complexity index is 380. The number of hydrogen-bond acceptors (Lipinski definition) is 3. The fraction of sp³-hybridized carbons (Fsp3) is 0.571. The number of halogens is 1. The van der Waals surface area contributed by atoms with Gasteiger partial charge in [0.2, 0.25) is 0 Å². The zero-order valence-electron chi connectivity index (χ0n) is 11.4. The summed E-state index contributed by atoms with van der Waals surface area (Å²) in [5.74, 6) is 0. The van der Waals surface area contributed by atoms with Crippen LogP contribution >= 0.6 is 15.9 Å². The van der Waals surface area contributed by atoms with Gasteiger partial charge in [-0.3, -0.25) is 0 Å². The second-order valence-corrected chi connectivity index (χ2v) is 5.71. The maximum atomic E-state index is 8.96. The van der Waals surface area contributed by atoms with E-state index in [0.29, 0.717) is 6.04 Å². The Morgan fingerprint density at radius 1 is 1.33 bits per heavy atom. The molecular weight excluding hydrogens is 292 g/mol. The molecule has 0 radical (unpaired) electrons. The predicted molar refractivity (Wildman–Crippen MR) is 80.9 cm³/mol. The molecule has 0 aliphatic heterocycles. The molecule has 0 spiro atoms. The third-order valence-corrected chi connectivity index (χ3v) is 3.67. The Kier molecular flexibility index (Phi) is 6.12. The Hall–Kier alpha value is -0.580. The number of aliphatic hydroxyl groups is 1. The molecule has 1 atom stereocenters. The van der Waals surface area contributed by atoms with Crippen molar-refractivity contribution in [1.29, 1.82) is 0 Å². The van der Waals surface area contributed by atoms with Crippen LogP contribution in [-0.2, 0) is 0 Å². The summed E-state index contributed by atoms with van der Waals surface area (Å²) in [6, 6.07) is 6.71. The summed E-state index contributed by atoms with van der Waals surface area (Å²) < 4.78 is 1.05. The third-order valence-electron chi connectivity index (χ3n) is 2.99. The number of hydrogen-bond donors (Lipinski definition) is 2. The zero-order chi connectivity index (χ0) is 13.7. The molecule has 0 aliphatic rings. The first-order chi connectivity index (χ1) is 8.47. The molecule has 102 valence electrons. The summed E-state index contributed by atoms with van der Waals surface area (Å²) in [5.41, 5.74) is 8.18. The van der Waals surface area contributed by atoms with Gasteiger partial charge in [-0.15, -0.1) is 0 Å². The van der Waals surface area contributed by atoms with E-state index in [1.165, 1.54) is 0 Å². The van der Waals surface area contributed by atoms with Crippen molar-refractivity contribution in [2.24, 2.45) is 5.73 Å². The summed E-state index contributed by atoms with van der Waals surface area (Å²) in [7, 11) is 0. The molecule has 0 fully saturated rings. The molecular formula is C14H23BrN2O. The number of anilines is 1. The minimum atomic E-state index is 0.0263. The summed E-state index contributed by atoms with van der Waals surface area (Å²) >= 11 is 3.58. The maximum absolute atomic E-state index is 8.96. The Morgan fingerprint density at radius 3 is 2.44 bits per heavy atom. The predicted octanol–water partition coefficient (Wildman–Crippen LogP) is 3.07. The molecule has 0 saturated carbocycles. The van der Waals surface area contributed by atoms with Crippen molar-refractivity contribution in [2.75, 3.05) is 18.1 Å². The molecule has 4 heteroatoms. The van der Waals surface area contributed by atoms with Crippen LogP contribution in [0.25, 0.3) is 0 Å². The lowest BCUT2D eigenvalue weighted by Crippen LogP contribution is -2.32. The lowest BCUT2D eigenvalue weighted by Gasteiger charge is -2.29. The van der Waals surface area contributed by atoms with Gasteiger partial charge in [0.25, 0.3) is 0 Å². The van der Waals surface area contributed by atoms with E-state index in [1.54, 1.807) is 0 Å². The van der Waals surface area contributed by atoms with Crippen molar-refractivity contribution in [1.82, 2.24) is 0 Å². The Balaban J connectivity index is 2.95. The minimum absolute atomic E-state index is 0.0263. The lowest BCUT2D eigenvalue weighted by atomic mass is 10.1. The normalized spacial score (nSPS) is 12.8. The summed E-state index contributed by atoms with van der Waals surface area (Å²) in [6.45, 7) is 7.38. The van der Waals surface area contributed by atoms with Crippen LogP contribution in [0.3, 0.4) is 0 Å². The van der Waals surface area contributed by atoms with Crippen molar-refractivity contribution in [3.8, 4) is 0 Å². The first-order valence-electron chi connectivity index (χ1n) is 6.40. The summed E-state index contributed by atoms with van der Waals surface area (Å²) in [5, 5.41) is 8.96. The van der Waals surface area contributed by atoms with Crippen molar-refractivity contribution >= 4 is 21.6 Å². The minimum Gasteiger partial charge on any atom is -0.396 e. The monoisotopic (exact) mass is 314 g/mol. The average Bonchev–Trinajstić information content (AvgIpc) is 2.28. The number of aliphatic hydroxyl groups excluding tert-OH is 1. The van der Waals surface area contributed by atoms with Gasteiger partial charge in [0.1, 0.15) is 0 Å². The molecule has 1 rings (SSSR count). The summed E-state index contributed by atoms with van der Waals surface area (Å²) in [6.07, 6.45) is 0.783. The average molecular weight is 315 g/mol. The molecule has 0 aliphatic carbocycles. The second kappa shape index (κ2) is 7.12. The molecule has 0 unspecified atom stereocenters. The van der Waals surface area contributed by atoms with Crippen molar-refractivity contribution in [3.05, 3.63) is 28.2 Å². The highest BCUT2D eigenvalue weighted by Gasteiger charge is 2.12. The highest BCUT2D eigenvalue weighted by atomic mass is 79.9. The van der Waals surface area contributed by atoms with Crippen LogP contribution in [0.15, 0.2) is 22.7 Å². The third kappa shape index (κ3) is 3.97. The Morgan fingerprint density at radius 2 is 2.00 bits per heavy atom. The van der Waals surface area contributed by atoms with E-state index >= 15 is 0 Å². The quantitative estimate of drug-likeness (QED) is 0.848. The van der Waals surface area contributed by atoms with Crippen molar-refractivity contribution < 1.29 is 5.11 Å². The first kappa shape index (κ1) is 15.5. The highest BCUT2D eigenvalue weighted by molar-refractivity contribution is 9.10. The van der Waals surface area contributed by atoms with Crippen LogP contribution < -0.4 is 10.6 Å². The largest absolute Gasteiger partial charge is 0.396 e. The van der Waals surface area contributed by atoms with Crippen LogP contribution in [0, 0.1) is 0 Å². The number of nitrogens with zero attached hydrogens (tertiary/aromatic N) is 1. The first-order valence-corrected chi connectivity index (χ1v) is 7.19. The van der Waals surface area contributed by atoms with Crippen LogP contribution in [0.1, 0.15) is 38.8 Å². The van der Waals surface area contributed by atoms with Gasteiger partial charge in [-0.1, -0.05) is 22.0 Å². The maximum Gasteiger partial charge on any atom is 0.0447 e. The Labute approximate surface area is 118 Å². The molecule has 3 nitrogen and oxygen atoms in total. The molecule has 3 N–H and O–H groups in total. The second-order valence-electron chi connectivity index (χ2n) is 4.86.